The molecule has 1 heterocycles. The van der Waals surface area contributed by atoms with Crippen molar-refractivity contribution in [1.29, 1.82) is 0 Å². The van der Waals surface area contributed by atoms with Gasteiger partial charge in [0.25, 0.3) is 5.69 Å². The normalized spacial score (nSPS) is 14.3. The first-order chi connectivity index (χ1) is 15.7. The number of aryl methyl sites for hydroxylation is 1. The molecule has 2 aromatic rings. The van der Waals surface area contributed by atoms with E-state index < -0.39 is 10.3 Å². The first-order valence-electron chi connectivity index (χ1n) is 11.7. The van der Waals surface area contributed by atoms with Gasteiger partial charge < -0.3 is 9.80 Å². The predicted octanol–water partition coefficient (Wildman–Crippen LogP) is 5.39. The molecule has 7 heteroatoms. The molecule has 3 rings (SSSR count). The minimum absolute atomic E-state index is 0.0569. The summed E-state index contributed by atoms with van der Waals surface area (Å²) in [6.45, 7) is 8.43. The highest BCUT2D eigenvalue weighted by molar-refractivity contribution is 6.09. The van der Waals surface area contributed by atoms with Gasteiger partial charge in [0.15, 0.2) is 0 Å². The Balaban J connectivity index is 1.98. The van der Waals surface area contributed by atoms with Gasteiger partial charge in [-0.15, -0.1) is 0 Å². The molecule has 0 aromatic heterocycles. The van der Waals surface area contributed by atoms with E-state index in [1.165, 1.54) is 11.0 Å². The molecule has 1 aliphatic heterocycles. The van der Waals surface area contributed by atoms with Gasteiger partial charge in [0.05, 0.1) is 16.0 Å². The summed E-state index contributed by atoms with van der Waals surface area (Å²) in [5.74, 6) is -0.232. The number of unbranched alkanes of at least 4 members (excludes halogenated alkanes) is 2. The molecule has 0 saturated carbocycles. The number of hydrogen-bond donors (Lipinski definition) is 0. The van der Waals surface area contributed by atoms with E-state index in [4.69, 9.17) is 0 Å². The van der Waals surface area contributed by atoms with Crippen molar-refractivity contribution in [3.63, 3.8) is 0 Å². The van der Waals surface area contributed by atoms with Gasteiger partial charge in [0, 0.05) is 25.6 Å². The lowest BCUT2D eigenvalue weighted by atomic mass is 9.85. The molecule has 0 fully saturated rings. The van der Waals surface area contributed by atoms with Crippen molar-refractivity contribution in [1.82, 2.24) is 0 Å². The zero-order chi connectivity index (χ0) is 24.2. The molecule has 7 nitrogen and oxygen atoms in total. The van der Waals surface area contributed by atoms with Crippen LogP contribution in [-0.2, 0) is 21.4 Å². The van der Waals surface area contributed by atoms with Crippen LogP contribution in [0.5, 0.6) is 0 Å². The van der Waals surface area contributed by atoms with Gasteiger partial charge in [-0.1, -0.05) is 50.1 Å². The summed E-state index contributed by atoms with van der Waals surface area (Å²) >= 11 is 0. The highest BCUT2D eigenvalue weighted by Gasteiger charge is 2.45. The molecule has 0 aliphatic carbocycles. The SMILES string of the molecule is CCCCCN1C(=O)C(C)(C)c2cc(N(CC)C(=O)CCc3ccccc3)c([N+](=O)[O-])cc21. The summed E-state index contributed by atoms with van der Waals surface area (Å²) in [5.41, 5.74) is 1.67. The number of nitro groups is 1. The van der Waals surface area contributed by atoms with Crippen LogP contribution in [0.2, 0.25) is 0 Å². The second-order valence-corrected chi connectivity index (χ2v) is 9.03. The van der Waals surface area contributed by atoms with Gasteiger partial charge in [-0.3, -0.25) is 19.7 Å². The van der Waals surface area contributed by atoms with Crippen LogP contribution in [0.15, 0.2) is 42.5 Å². The maximum Gasteiger partial charge on any atom is 0.295 e. The highest BCUT2D eigenvalue weighted by atomic mass is 16.6. The van der Waals surface area contributed by atoms with Crippen LogP contribution in [0.1, 0.15) is 64.5 Å². The summed E-state index contributed by atoms with van der Waals surface area (Å²) in [7, 11) is 0. The Morgan fingerprint density at radius 3 is 2.42 bits per heavy atom. The number of carbonyl (C=O) groups excluding carboxylic acids is 2. The average molecular weight is 452 g/mol. The largest absolute Gasteiger partial charge is 0.311 e. The molecule has 2 amide bonds. The Labute approximate surface area is 195 Å². The molecule has 176 valence electrons. The molecule has 0 atom stereocenters. The molecule has 0 spiro atoms. The quantitative estimate of drug-likeness (QED) is 0.275. The van der Waals surface area contributed by atoms with Crippen LogP contribution in [0.3, 0.4) is 0 Å². The maximum atomic E-state index is 13.2. The van der Waals surface area contributed by atoms with Crippen LogP contribution in [0, 0.1) is 10.1 Å². The summed E-state index contributed by atoms with van der Waals surface area (Å²) in [4.78, 5) is 41.0. The van der Waals surface area contributed by atoms with E-state index in [1.54, 1.807) is 11.0 Å². The fourth-order valence-corrected chi connectivity index (χ4v) is 4.47. The second kappa shape index (κ2) is 10.1. The van der Waals surface area contributed by atoms with Crippen molar-refractivity contribution in [3.8, 4) is 0 Å². The Kier molecular flexibility index (Phi) is 7.51. The van der Waals surface area contributed by atoms with Crippen molar-refractivity contribution < 1.29 is 14.5 Å². The minimum Gasteiger partial charge on any atom is -0.311 e. The summed E-state index contributed by atoms with van der Waals surface area (Å²) in [6.07, 6.45) is 3.65. The monoisotopic (exact) mass is 451 g/mol. The van der Waals surface area contributed by atoms with Gasteiger partial charge in [0.2, 0.25) is 11.8 Å². The molecular weight excluding hydrogens is 418 g/mol. The molecule has 0 N–H and O–H groups in total. The molecule has 1 aliphatic rings. The van der Waals surface area contributed by atoms with E-state index in [2.05, 4.69) is 6.92 Å². The number of rotatable bonds is 10. The van der Waals surface area contributed by atoms with E-state index in [0.29, 0.717) is 25.2 Å². The third kappa shape index (κ3) is 4.92. The van der Waals surface area contributed by atoms with E-state index in [-0.39, 0.29) is 29.6 Å². The third-order valence-corrected chi connectivity index (χ3v) is 6.40. The fraction of sp³-hybridized carbons (Fsp3) is 0.462. The molecule has 0 radical (unpaired) electrons. The summed E-state index contributed by atoms with van der Waals surface area (Å²) in [6, 6.07) is 12.9. The van der Waals surface area contributed by atoms with Gasteiger partial charge >= 0.3 is 0 Å². The van der Waals surface area contributed by atoms with E-state index in [0.717, 1.165) is 30.4 Å². The molecular formula is C26H33N3O4. The van der Waals surface area contributed by atoms with Gasteiger partial charge in [0.1, 0.15) is 5.69 Å². The van der Waals surface area contributed by atoms with Crippen molar-refractivity contribution in [2.75, 3.05) is 22.9 Å². The first-order valence-corrected chi connectivity index (χ1v) is 11.7. The van der Waals surface area contributed by atoms with E-state index >= 15 is 0 Å². The number of anilines is 2. The van der Waals surface area contributed by atoms with Crippen molar-refractivity contribution in [2.45, 2.75) is 65.2 Å². The summed E-state index contributed by atoms with van der Waals surface area (Å²) in [5, 5.41) is 12.0. The molecule has 2 aromatic carbocycles. The van der Waals surface area contributed by atoms with Gasteiger partial charge in [-0.05, 0) is 50.8 Å². The Morgan fingerprint density at radius 1 is 1.12 bits per heavy atom. The molecule has 0 bridgehead atoms. The van der Waals surface area contributed by atoms with Gasteiger partial charge in [-0.25, -0.2) is 0 Å². The van der Waals surface area contributed by atoms with Crippen LogP contribution >= 0.6 is 0 Å². The number of carbonyl (C=O) groups is 2. The number of hydrogen-bond acceptors (Lipinski definition) is 4. The summed E-state index contributed by atoms with van der Waals surface area (Å²) < 4.78 is 0. The van der Waals surface area contributed by atoms with Crippen LogP contribution in [0.4, 0.5) is 17.1 Å². The van der Waals surface area contributed by atoms with Crippen molar-refractivity contribution in [3.05, 3.63) is 63.7 Å². The minimum atomic E-state index is -0.808. The maximum absolute atomic E-state index is 13.2. The Bertz CT molecular complexity index is 1030. The van der Waals surface area contributed by atoms with Crippen LogP contribution in [-0.4, -0.2) is 29.8 Å². The molecule has 33 heavy (non-hydrogen) atoms. The zero-order valence-corrected chi connectivity index (χ0v) is 20.0. The van der Waals surface area contributed by atoms with Crippen molar-refractivity contribution >= 4 is 28.9 Å². The van der Waals surface area contributed by atoms with Crippen molar-refractivity contribution in [2.24, 2.45) is 0 Å². The predicted molar refractivity (Wildman–Crippen MR) is 131 cm³/mol. The lowest BCUT2D eigenvalue weighted by Crippen LogP contribution is -2.36. The average Bonchev–Trinajstić information content (AvgIpc) is 2.98. The first kappa shape index (κ1) is 24.4. The number of nitro benzene ring substituents is 1. The molecule has 0 unspecified atom stereocenters. The number of amides is 2. The van der Waals surface area contributed by atoms with Crippen LogP contribution < -0.4 is 9.80 Å². The second-order valence-electron chi connectivity index (χ2n) is 9.03. The number of nitrogens with zero attached hydrogens (tertiary/aromatic N) is 3. The topological polar surface area (TPSA) is 83.8 Å². The third-order valence-electron chi connectivity index (χ3n) is 6.40. The fourth-order valence-electron chi connectivity index (χ4n) is 4.47. The van der Waals surface area contributed by atoms with Gasteiger partial charge in [-0.2, -0.15) is 0 Å². The Morgan fingerprint density at radius 2 is 1.82 bits per heavy atom. The highest BCUT2D eigenvalue weighted by Crippen LogP contribution is 2.47. The van der Waals surface area contributed by atoms with E-state index in [1.807, 2.05) is 51.1 Å². The smallest absolute Gasteiger partial charge is 0.295 e. The van der Waals surface area contributed by atoms with Crippen LogP contribution in [0.25, 0.3) is 0 Å². The Hall–Kier alpha value is -3.22. The lowest BCUT2D eigenvalue weighted by molar-refractivity contribution is -0.384. The number of benzene rings is 2. The molecule has 0 saturated heterocycles. The van der Waals surface area contributed by atoms with E-state index in [9.17, 15) is 19.7 Å². The number of fused-ring (bicyclic) bond motifs is 1. The lowest BCUT2D eigenvalue weighted by Gasteiger charge is -2.23. The standard InChI is InChI=1S/C26H33N3O4/c1-5-7-11-16-28-21-18-23(29(32)33)22(17-20(21)26(3,4)25(28)31)27(6-2)24(30)15-14-19-12-9-8-10-13-19/h8-10,12-13,17-18H,5-7,11,14-16H2,1-4H3. The zero-order valence-electron chi connectivity index (χ0n) is 20.0.